The highest BCUT2D eigenvalue weighted by Crippen LogP contribution is 2.24. The highest BCUT2D eigenvalue weighted by atomic mass is 32.2. The predicted octanol–water partition coefficient (Wildman–Crippen LogP) is 3.14. The molecule has 2 N–H and O–H groups in total. The third kappa shape index (κ3) is 3.61. The van der Waals surface area contributed by atoms with E-state index in [1.165, 1.54) is 16.7 Å². The van der Waals surface area contributed by atoms with Gasteiger partial charge in [-0.25, -0.2) is 0 Å². The van der Waals surface area contributed by atoms with E-state index >= 15 is 0 Å². The molecule has 19 heavy (non-hydrogen) atoms. The van der Waals surface area contributed by atoms with Crippen LogP contribution in [0.1, 0.15) is 28.4 Å². The summed E-state index contributed by atoms with van der Waals surface area (Å²) < 4.78 is 1.91. The molecule has 2 rings (SSSR count). The van der Waals surface area contributed by atoms with Crippen LogP contribution in [0.4, 0.5) is 0 Å². The number of rotatable bonds is 4. The molecule has 0 aliphatic rings. The van der Waals surface area contributed by atoms with Crippen molar-refractivity contribution in [3.63, 3.8) is 0 Å². The number of nitrogens with zero attached hydrogens (tertiary/aromatic N) is 2. The lowest BCUT2D eigenvalue weighted by atomic mass is 10.0. The van der Waals surface area contributed by atoms with Gasteiger partial charge in [0.2, 0.25) is 0 Å². The lowest BCUT2D eigenvalue weighted by molar-refractivity contribution is 0.691. The van der Waals surface area contributed by atoms with Gasteiger partial charge in [0, 0.05) is 18.8 Å². The molecule has 2 aromatic rings. The summed E-state index contributed by atoms with van der Waals surface area (Å²) >= 11 is 1.76. The number of aromatic nitrogens is 2. The van der Waals surface area contributed by atoms with Gasteiger partial charge < -0.3 is 5.73 Å². The first-order valence-electron chi connectivity index (χ1n) is 6.43. The minimum atomic E-state index is 0.0545. The van der Waals surface area contributed by atoms with Gasteiger partial charge in [-0.15, -0.1) is 11.8 Å². The van der Waals surface area contributed by atoms with Gasteiger partial charge in [-0.1, -0.05) is 29.3 Å². The quantitative estimate of drug-likeness (QED) is 0.872. The molecule has 4 heteroatoms. The Bertz CT molecular complexity index is 555. The zero-order valence-electron chi connectivity index (χ0n) is 12.0. The van der Waals surface area contributed by atoms with E-state index in [0.717, 1.165) is 16.5 Å². The van der Waals surface area contributed by atoms with Crippen molar-refractivity contribution in [1.82, 2.24) is 9.78 Å². The Balaban J connectivity index is 2.05. The average Bonchev–Trinajstić information content (AvgIpc) is 2.63. The van der Waals surface area contributed by atoms with Crippen LogP contribution in [0, 0.1) is 20.8 Å². The highest BCUT2D eigenvalue weighted by molar-refractivity contribution is 7.99. The summed E-state index contributed by atoms with van der Waals surface area (Å²) in [7, 11) is 1.97. The third-order valence-corrected chi connectivity index (χ3v) is 4.25. The van der Waals surface area contributed by atoms with Crippen LogP contribution < -0.4 is 5.73 Å². The zero-order valence-corrected chi connectivity index (χ0v) is 12.8. The van der Waals surface area contributed by atoms with Crippen molar-refractivity contribution in [1.29, 1.82) is 0 Å². The first-order valence-corrected chi connectivity index (χ1v) is 7.41. The summed E-state index contributed by atoms with van der Waals surface area (Å²) in [5.74, 6) is 0.863. The van der Waals surface area contributed by atoms with Crippen molar-refractivity contribution >= 4 is 11.8 Å². The van der Waals surface area contributed by atoms with E-state index in [1.54, 1.807) is 11.8 Å². The lowest BCUT2D eigenvalue weighted by Gasteiger charge is -2.13. The molecule has 1 atom stereocenters. The van der Waals surface area contributed by atoms with Crippen molar-refractivity contribution in [2.24, 2.45) is 12.8 Å². The van der Waals surface area contributed by atoms with Crippen LogP contribution >= 0.6 is 11.8 Å². The Morgan fingerprint density at radius 3 is 2.32 bits per heavy atom. The SMILES string of the molecule is Cc1cc(C)cc(C(N)CSc2cc(C)nn2C)c1. The standard InChI is InChI=1S/C15H21N3S/c1-10-5-11(2)7-13(6-10)14(16)9-19-15-8-12(3)17-18(15)4/h5-8,14H,9,16H2,1-4H3. The van der Waals surface area contributed by atoms with Crippen LogP contribution in [0.5, 0.6) is 0 Å². The van der Waals surface area contributed by atoms with E-state index in [4.69, 9.17) is 5.73 Å². The van der Waals surface area contributed by atoms with E-state index in [2.05, 4.69) is 43.2 Å². The topological polar surface area (TPSA) is 43.8 Å². The van der Waals surface area contributed by atoms with Crippen LogP contribution in [0.3, 0.4) is 0 Å². The number of aryl methyl sites for hydroxylation is 4. The van der Waals surface area contributed by atoms with Crippen LogP contribution in [0.25, 0.3) is 0 Å². The Hall–Kier alpha value is -1.26. The number of benzene rings is 1. The molecule has 102 valence electrons. The van der Waals surface area contributed by atoms with E-state index in [1.807, 2.05) is 18.7 Å². The maximum Gasteiger partial charge on any atom is 0.0939 e. The highest BCUT2D eigenvalue weighted by Gasteiger charge is 2.10. The summed E-state index contributed by atoms with van der Waals surface area (Å²) in [5.41, 5.74) is 11.1. The molecule has 0 amide bonds. The first-order chi connectivity index (χ1) is 8.95. The maximum atomic E-state index is 6.29. The number of thioether (sulfide) groups is 1. The van der Waals surface area contributed by atoms with Crippen molar-refractivity contribution in [3.8, 4) is 0 Å². The van der Waals surface area contributed by atoms with Gasteiger partial charge in [-0.3, -0.25) is 4.68 Å². The molecule has 0 saturated carbocycles. The van der Waals surface area contributed by atoms with E-state index < -0.39 is 0 Å². The fraction of sp³-hybridized carbons (Fsp3) is 0.400. The van der Waals surface area contributed by atoms with Gasteiger partial charge in [0.15, 0.2) is 0 Å². The molecule has 0 fully saturated rings. The molecule has 3 nitrogen and oxygen atoms in total. The minimum absolute atomic E-state index is 0.0545. The van der Waals surface area contributed by atoms with Gasteiger partial charge in [0.1, 0.15) is 0 Å². The zero-order chi connectivity index (χ0) is 14.0. The van der Waals surface area contributed by atoms with Crippen LogP contribution in [0.15, 0.2) is 29.3 Å². The molecular weight excluding hydrogens is 254 g/mol. The number of nitrogens with two attached hydrogens (primary N) is 1. The van der Waals surface area contributed by atoms with Gasteiger partial charge >= 0.3 is 0 Å². The predicted molar refractivity (Wildman–Crippen MR) is 81.5 cm³/mol. The lowest BCUT2D eigenvalue weighted by Crippen LogP contribution is -2.13. The molecule has 1 unspecified atom stereocenters. The normalized spacial score (nSPS) is 12.7. The molecule has 1 heterocycles. The second-order valence-electron chi connectivity index (χ2n) is 5.09. The minimum Gasteiger partial charge on any atom is -0.323 e. The number of hydrogen-bond donors (Lipinski definition) is 1. The summed E-state index contributed by atoms with van der Waals surface area (Å²) in [5, 5.41) is 5.51. The Labute approximate surface area is 119 Å². The Morgan fingerprint density at radius 2 is 1.79 bits per heavy atom. The second kappa shape index (κ2) is 5.80. The monoisotopic (exact) mass is 275 g/mol. The molecule has 0 bridgehead atoms. The Kier molecular flexibility index (Phi) is 4.32. The molecule has 0 saturated heterocycles. The molecule has 0 radical (unpaired) electrons. The summed E-state index contributed by atoms with van der Waals surface area (Å²) in [6.45, 7) is 6.23. The van der Waals surface area contributed by atoms with Crippen LogP contribution in [-0.2, 0) is 7.05 Å². The smallest absolute Gasteiger partial charge is 0.0939 e. The van der Waals surface area contributed by atoms with Gasteiger partial charge in [-0.05, 0) is 32.4 Å². The maximum absolute atomic E-state index is 6.29. The summed E-state index contributed by atoms with van der Waals surface area (Å²) in [6.07, 6.45) is 0. The molecule has 0 aliphatic carbocycles. The Morgan fingerprint density at radius 1 is 1.16 bits per heavy atom. The molecule has 1 aromatic heterocycles. The van der Waals surface area contributed by atoms with Crippen molar-refractivity contribution in [2.75, 3.05) is 5.75 Å². The number of hydrogen-bond acceptors (Lipinski definition) is 3. The fourth-order valence-corrected chi connectivity index (χ4v) is 3.24. The summed E-state index contributed by atoms with van der Waals surface area (Å²) in [4.78, 5) is 0. The second-order valence-corrected chi connectivity index (χ2v) is 6.13. The molecular formula is C15H21N3S. The summed E-state index contributed by atoms with van der Waals surface area (Å²) in [6, 6.07) is 8.67. The third-order valence-electron chi connectivity index (χ3n) is 3.04. The van der Waals surface area contributed by atoms with E-state index in [0.29, 0.717) is 0 Å². The van der Waals surface area contributed by atoms with Crippen molar-refractivity contribution in [3.05, 3.63) is 46.6 Å². The fourth-order valence-electron chi connectivity index (χ4n) is 2.22. The van der Waals surface area contributed by atoms with Gasteiger partial charge in [0.25, 0.3) is 0 Å². The average molecular weight is 275 g/mol. The van der Waals surface area contributed by atoms with Crippen LogP contribution in [0.2, 0.25) is 0 Å². The molecule has 1 aromatic carbocycles. The molecule has 0 spiro atoms. The van der Waals surface area contributed by atoms with E-state index in [9.17, 15) is 0 Å². The van der Waals surface area contributed by atoms with Crippen LogP contribution in [-0.4, -0.2) is 15.5 Å². The first kappa shape index (κ1) is 14.2. The van der Waals surface area contributed by atoms with Crippen molar-refractivity contribution < 1.29 is 0 Å². The van der Waals surface area contributed by atoms with Gasteiger partial charge in [-0.2, -0.15) is 5.10 Å². The van der Waals surface area contributed by atoms with Crippen molar-refractivity contribution in [2.45, 2.75) is 31.8 Å². The molecule has 0 aliphatic heterocycles. The van der Waals surface area contributed by atoms with E-state index in [-0.39, 0.29) is 6.04 Å². The van der Waals surface area contributed by atoms with Gasteiger partial charge in [0.05, 0.1) is 10.7 Å². The largest absolute Gasteiger partial charge is 0.323 e.